The molecule has 22 heavy (non-hydrogen) atoms. The van der Waals surface area contributed by atoms with Crippen molar-refractivity contribution in [2.24, 2.45) is 16.6 Å². The zero-order valence-electron chi connectivity index (χ0n) is 13.4. The summed E-state index contributed by atoms with van der Waals surface area (Å²) in [7, 11) is -3.04. The van der Waals surface area contributed by atoms with E-state index in [1.54, 1.807) is 0 Å². The average molecular weight is 445 g/mol. The molecule has 0 aromatic carbocycles. The Kier molecular flexibility index (Phi) is 7.83. The topological polar surface area (TPSA) is 91.0 Å². The summed E-state index contributed by atoms with van der Waals surface area (Å²) in [6, 6.07) is 0.549. The molecule has 0 spiro atoms. The highest BCUT2D eigenvalue weighted by atomic mass is 127. The van der Waals surface area contributed by atoms with E-state index >= 15 is 0 Å². The molecular formula is C13H28IN5O2S. The third kappa shape index (κ3) is 5.50. The standard InChI is InChI=1S/C13H27N5O2S.HI/c1-3-17-6-4-5-12(17)8-16-13(14)15-7-11-9-18(10-11)21(2,19)20;/h11-12H,3-10H2,1-2H3,(H3,14,15,16);1H. The van der Waals surface area contributed by atoms with Crippen LogP contribution in [-0.2, 0) is 10.0 Å². The number of sulfonamides is 1. The summed E-state index contributed by atoms with van der Waals surface area (Å²) in [5, 5.41) is 3.19. The van der Waals surface area contributed by atoms with Gasteiger partial charge < -0.3 is 11.1 Å². The minimum Gasteiger partial charge on any atom is -0.370 e. The first kappa shape index (κ1) is 19.9. The van der Waals surface area contributed by atoms with E-state index in [9.17, 15) is 8.42 Å². The van der Waals surface area contributed by atoms with E-state index in [0.29, 0.717) is 37.6 Å². The lowest BCUT2D eigenvalue weighted by Gasteiger charge is -2.36. The van der Waals surface area contributed by atoms with Gasteiger partial charge in [-0.05, 0) is 25.9 Å². The lowest BCUT2D eigenvalue weighted by Crippen LogP contribution is -2.51. The zero-order valence-corrected chi connectivity index (χ0v) is 16.5. The van der Waals surface area contributed by atoms with Crippen LogP contribution in [0.2, 0.25) is 0 Å². The normalized spacial score (nSPS) is 24.8. The molecule has 1 atom stereocenters. The zero-order chi connectivity index (χ0) is 15.5. The monoisotopic (exact) mass is 445 g/mol. The lowest BCUT2D eigenvalue weighted by molar-refractivity contribution is 0.209. The molecule has 0 bridgehead atoms. The molecular weight excluding hydrogens is 417 g/mol. The van der Waals surface area contributed by atoms with E-state index < -0.39 is 10.0 Å². The number of rotatable bonds is 6. The van der Waals surface area contributed by atoms with Crippen LogP contribution >= 0.6 is 24.0 Å². The molecule has 3 N–H and O–H groups in total. The molecule has 130 valence electrons. The number of guanidine groups is 1. The van der Waals surface area contributed by atoms with Crippen molar-refractivity contribution in [1.82, 2.24) is 14.5 Å². The van der Waals surface area contributed by atoms with Gasteiger partial charge in [-0.1, -0.05) is 6.92 Å². The molecule has 0 aromatic heterocycles. The van der Waals surface area contributed by atoms with Crippen LogP contribution < -0.4 is 11.1 Å². The fourth-order valence-electron chi connectivity index (χ4n) is 2.96. The van der Waals surface area contributed by atoms with Gasteiger partial charge in [-0.2, -0.15) is 0 Å². The number of nitrogens with two attached hydrogens (primary N) is 1. The highest BCUT2D eigenvalue weighted by molar-refractivity contribution is 14.0. The predicted octanol–water partition coefficient (Wildman–Crippen LogP) is -0.116. The van der Waals surface area contributed by atoms with Gasteiger partial charge in [-0.15, -0.1) is 24.0 Å². The quantitative estimate of drug-likeness (QED) is 0.338. The van der Waals surface area contributed by atoms with Crippen molar-refractivity contribution in [1.29, 1.82) is 0 Å². The smallest absolute Gasteiger partial charge is 0.211 e. The average Bonchev–Trinajstić information content (AvgIpc) is 2.80. The molecule has 7 nitrogen and oxygen atoms in total. The number of nitrogens with zero attached hydrogens (tertiary/aromatic N) is 3. The summed E-state index contributed by atoms with van der Waals surface area (Å²) in [5.41, 5.74) is 5.87. The molecule has 1 unspecified atom stereocenters. The van der Waals surface area contributed by atoms with Crippen molar-refractivity contribution < 1.29 is 8.42 Å². The third-order valence-electron chi connectivity index (χ3n) is 4.34. The second-order valence-corrected chi connectivity index (χ2v) is 7.96. The van der Waals surface area contributed by atoms with E-state index in [2.05, 4.69) is 22.1 Å². The molecule has 2 fully saturated rings. The molecule has 2 aliphatic rings. The summed E-state index contributed by atoms with van der Waals surface area (Å²) < 4.78 is 24.0. The number of hydrogen-bond acceptors (Lipinski definition) is 4. The molecule has 0 aliphatic carbocycles. The van der Waals surface area contributed by atoms with Gasteiger partial charge in [0.25, 0.3) is 0 Å². The predicted molar refractivity (Wildman–Crippen MR) is 100 cm³/mol. The van der Waals surface area contributed by atoms with Gasteiger partial charge in [0, 0.05) is 38.1 Å². The Morgan fingerprint density at radius 3 is 2.68 bits per heavy atom. The van der Waals surface area contributed by atoms with E-state index in [4.69, 9.17) is 5.73 Å². The fraction of sp³-hybridized carbons (Fsp3) is 0.923. The van der Waals surface area contributed by atoms with E-state index in [1.807, 2.05) is 0 Å². The number of likely N-dealkylation sites (tertiary alicyclic amines) is 1. The molecule has 2 rings (SSSR count). The van der Waals surface area contributed by atoms with Gasteiger partial charge in [0.05, 0.1) is 6.26 Å². The summed E-state index contributed by atoms with van der Waals surface area (Å²) in [6.45, 7) is 6.97. The minimum absolute atomic E-state index is 0. The maximum absolute atomic E-state index is 11.3. The van der Waals surface area contributed by atoms with Gasteiger partial charge >= 0.3 is 0 Å². The Balaban J connectivity index is 0.00000242. The fourth-order valence-corrected chi connectivity index (χ4v) is 3.92. The lowest BCUT2D eigenvalue weighted by atomic mass is 10.0. The van der Waals surface area contributed by atoms with Crippen molar-refractivity contribution in [3.8, 4) is 0 Å². The maximum atomic E-state index is 11.3. The van der Waals surface area contributed by atoms with Gasteiger partial charge in [-0.3, -0.25) is 9.89 Å². The number of halogens is 1. The number of nitrogens with one attached hydrogen (secondary N) is 1. The molecule has 0 saturated carbocycles. The van der Waals surface area contributed by atoms with Crippen LogP contribution in [0.4, 0.5) is 0 Å². The summed E-state index contributed by atoms with van der Waals surface area (Å²) in [5.74, 6) is 0.759. The van der Waals surface area contributed by atoms with Gasteiger partial charge in [0.2, 0.25) is 10.0 Å². The molecule has 2 heterocycles. The van der Waals surface area contributed by atoms with E-state index in [-0.39, 0.29) is 24.0 Å². The molecule has 2 aliphatic heterocycles. The van der Waals surface area contributed by atoms with Crippen LogP contribution in [-0.4, -0.2) is 75.1 Å². The first-order valence-corrected chi connectivity index (χ1v) is 9.48. The van der Waals surface area contributed by atoms with Gasteiger partial charge in [0.1, 0.15) is 0 Å². The first-order chi connectivity index (χ1) is 9.90. The molecule has 2 saturated heterocycles. The van der Waals surface area contributed by atoms with Crippen molar-refractivity contribution in [2.75, 3.05) is 45.5 Å². The summed E-state index contributed by atoms with van der Waals surface area (Å²) in [4.78, 5) is 6.77. The molecule has 0 amide bonds. The number of aliphatic imine (C=N–C) groups is 1. The minimum atomic E-state index is -3.04. The van der Waals surface area contributed by atoms with Crippen molar-refractivity contribution in [3.05, 3.63) is 0 Å². The van der Waals surface area contributed by atoms with Gasteiger partial charge in [0.15, 0.2) is 5.96 Å². The first-order valence-electron chi connectivity index (χ1n) is 7.63. The summed E-state index contributed by atoms with van der Waals surface area (Å²) >= 11 is 0. The Morgan fingerprint density at radius 1 is 1.41 bits per heavy atom. The SMILES string of the molecule is CCN1CCCC1CNC(N)=NCC1CN(S(C)(=O)=O)C1.I. The Labute approximate surface area is 150 Å². The Morgan fingerprint density at radius 2 is 2.09 bits per heavy atom. The number of likely N-dealkylation sites (N-methyl/N-ethyl adjacent to an activating group) is 1. The van der Waals surface area contributed by atoms with Crippen molar-refractivity contribution in [2.45, 2.75) is 25.8 Å². The van der Waals surface area contributed by atoms with Crippen LogP contribution in [0.25, 0.3) is 0 Å². The molecule has 9 heteroatoms. The molecule has 0 aromatic rings. The Hall–Kier alpha value is -0.130. The Bertz CT molecular complexity index is 479. The van der Waals surface area contributed by atoms with E-state index in [0.717, 1.165) is 13.1 Å². The maximum Gasteiger partial charge on any atom is 0.211 e. The van der Waals surface area contributed by atoms with Crippen molar-refractivity contribution in [3.63, 3.8) is 0 Å². The highest BCUT2D eigenvalue weighted by Crippen LogP contribution is 2.18. The van der Waals surface area contributed by atoms with Crippen LogP contribution in [0, 0.1) is 5.92 Å². The van der Waals surface area contributed by atoms with Crippen molar-refractivity contribution >= 4 is 40.0 Å². The van der Waals surface area contributed by atoms with Crippen LogP contribution in [0.5, 0.6) is 0 Å². The van der Waals surface area contributed by atoms with Crippen LogP contribution in [0.3, 0.4) is 0 Å². The second kappa shape index (κ2) is 8.65. The van der Waals surface area contributed by atoms with Gasteiger partial charge in [-0.25, -0.2) is 12.7 Å². The van der Waals surface area contributed by atoms with E-state index in [1.165, 1.54) is 29.9 Å². The largest absolute Gasteiger partial charge is 0.370 e. The highest BCUT2D eigenvalue weighted by Gasteiger charge is 2.32. The van der Waals surface area contributed by atoms with Crippen LogP contribution in [0.1, 0.15) is 19.8 Å². The second-order valence-electron chi connectivity index (χ2n) is 5.98. The number of hydrogen-bond donors (Lipinski definition) is 2. The third-order valence-corrected chi connectivity index (χ3v) is 5.57. The van der Waals surface area contributed by atoms with Crippen LogP contribution in [0.15, 0.2) is 4.99 Å². The molecule has 0 radical (unpaired) electrons. The summed E-state index contributed by atoms with van der Waals surface area (Å²) in [6.07, 6.45) is 3.70.